The fourth-order valence-electron chi connectivity index (χ4n) is 2.16. The highest BCUT2D eigenvalue weighted by molar-refractivity contribution is 14.0. The maximum atomic E-state index is 5.10. The minimum atomic E-state index is 0. The van der Waals surface area contributed by atoms with E-state index in [2.05, 4.69) is 20.5 Å². The number of rotatable bonds is 5. The maximum absolute atomic E-state index is 5.10. The Hall–Kier alpha value is -0.0800. The third-order valence-corrected chi connectivity index (χ3v) is 3.37. The number of hydrogen-bond acceptors (Lipinski definition) is 3. The summed E-state index contributed by atoms with van der Waals surface area (Å²) in [5.74, 6) is 0.964. The van der Waals surface area contributed by atoms with Crippen LogP contribution < -0.4 is 10.6 Å². The summed E-state index contributed by atoms with van der Waals surface area (Å²) in [4.78, 5) is 6.71. The Morgan fingerprint density at radius 3 is 2.61 bits per heavy atom. The minimum Gasteiger partial charge on any atom is -0.383 e. The van der Waals surface area contributed by atoms with Crippen LogP contribution >= 0.6 is 24.0 Å². The topological polar surface area (TPSA) is 48.9 Å². The van der Waals surface area contributed by atoms with Gasteiger partial charge in [0, 0.05) is 45.9 Å². The second-order valence-electron chi connectivity index (χ2n) is 4.91. The normalized spacial score (nSPS) is 24.8. The van der Waals surface area contributed by atoms with E-state index < -0.39 is 0 Å². The van der Waals surface area contributed by atoms with Gasteiger partial charge in [-0.3, -0.25) is 9.89 Å². The van der Waals surface area contributed by atoms with Crippen molar-refractivity contribution in [1.29, 1.82) is 0 Å². The predicted octanol–water partition coefficient (Wildman–Crippen LogP) is 0.652. The monoisotopic (exact) mass is 368 g/mol. The number of ether oxygens (including phenoxy) is 1. The lowest BCUT2D eigenvalue weighted by atomic mass is 10.3. The molecule has 1 unspecified atom stereocenters. The van der Waals surface area contributed by atoms with E-state index in [0.717, 1.165) is 32.2 Å². The predicted molar refractivity (Wildman–Crippen MR) is 84.8 cm³/mol. The second-order valence-corrected chi connectivity index (χ2v) is 4.91. The van der Waals surface area contributed by atoms with Gasteiger partial charge in [0.05, 0.1) is 6.61 Å². The van der Waals surface area contributed by atoms with E-state index in [4.69, 9.17) is 4.74 Å². The molecule has 0 aromatic heterocycles. The highest BCUT2D eigenvalue weighted by atomic mass is 127. The van der Waals surface area contributed by atoms with Gasteiger partial charge in [-0.25, -0.2) is 0 Å². The first kappa shape index (κ1) is 16.0. The zero-order valence-electron chi connectivity index (χ0n) is 11.3. The Morgan fingerprint density at radius 1 is 1.28 bits per heavy atom. The molecule has 0 spiro atoms. The number of halogens is 1. The molecule has 18 heavy (non-hydrogen) atoms. The number of hydrogen-bond donors (Lipinski definition) is 2. The molecule has 0 bridgehead atoms. The molecule has 1 aliphatic carbocycles. The van der Waals surface area contributed by atoms with E-state index in [1.807, 2.05) is 7.05 Å². The van der Waals surface area contributed by atoms with Gasteiger partial charge in [-0.05, 0) is 19.3 Å². The van der Waals surface area contributed by atoms with Crippen molar-refractivity contribution in [3.63, 3.8) is 0 Å². The van der Waals surface area contributed by atoms with Gasteiger partial charge in [-0.1, -0.05) is 0 Å². The van der Waals surface area contributed by atoms with Gasteiger partial charge in [0.1, 0.15) is 0 Å². The number of likely N-dealkylation sites (tertiary alicyclic amines) is 1. The molecule has 106 valence electrons. The molecule has 6 heteroatoms. The molecular weight excluding hydrogens is 343 g/mol. The van der Waals surface area contributed by atoms with Crippen LogP contribution in [0.25, 0.3) is 0 Å². The Kier molecular flexibility index (Phi) is 7.25. The fourth-order valence-corrected chi connectivity index (χ4v) is 2.16. The van der Waals surface area contributed by atoms with Gasteiger partial charge in [0.15, 0.2) is 5.96 Å². The third kappa shape index (κ3) is 5.27. The van der Waals surface area contributed by atoms with Gasteiger partial charge in [-0.2, -0.15) is 0 Å². The first-order valence-electron chi connectivity index (χ1n) is 6.53. The number of aliphatic imine (C=N–C) groups is 1. The lowest BCUT2D eigenvalue weighted by molar-refractivity contribution is 0.160. The Balaban J connectivity index is 0.00000162. The van der Waals surface area contributed by atoms with Crippen molar-refractivity contribution in [3.05, 3.63) is 0 Å². The molecule has 1 heterocycles. The smallest absolute Gasteiger partial charge is 0.191 e. The molecule has 1 atom stereocenters. The third-order valence-electron chi connectivity index (χ3n) is 3.37. The molecule has 0 radical (unpaired) electrons. The van der Waals surface area contributed by atoms with E-state index in [0.29, 0.717) is 12.1 Å². The molecule has 2 aliphatic rings. The number of methoxy groups -OCH3 is 1. The van der Waals surface area contributed by atoms with Crippen LogP contribution in [0.15, 0.2) is 4.99 Å². The number of nitrogens with one attached hydrogen (secondary N) is 2. The molecule has 2 rings (SSSR count). The van der Waals surface area contributed by atoms with Gasteiger partial charge < -0.3 is 15.4 Å². The quantitative estimate of drug-likeness (QED) is 0.425. The first-order valence-corrected chi connectivity index (χ1v) is 6.53. The Morgan fingerprint density at radius 2 is 2.00 bits per heavy atom. The number of nitrogens with zero attached hydrogens (tertiary/aromatic N) is 2. The standard InChI is InChI=1S/C12H24N4O.HI/c1-13-12(14-10-3-4-10)15-11-5-6-16(9-11)7-8-17-2;/h10-11H,3-9H2,1-2H3,(H2,13,14,15);1H. The van der Waals surface area contributed by atoms with E-state index in [1.165, 1.54) is 19.3 Å². The highest BCUT2D eigenvalue weighted by Gasteiger charge is 2.26. The molecule has 1 saturated carbocycles. The van der Waals surface area contributed by atoms with Crippen LogP contribution in [0.3, 0.4) is 0 Å². The van der Waals surface area contributed by atoms with Crippen LogP contribution in [-0.4, -0.2) is 63.3 Å². The molecule has 1 saturated heterocycles. The Labute approximate surface area is 127 Å². The summed E-state index contributed by atoms with van der Waals surface area (Å²) in [5.41, 5.74) is 0. The van der Waals surface area contributed by atoms with Crippen molar-refractivity contribution in [3.8, 4) is 0 Å². The van der Waals surface area contributed by atoms with Crippen molar-refractivity contribution in [1.82, 2.24) is 15.5 Å². The van der Waals surface area contributed by atoms with Crippen molar-refractivity contribution in [2.45, 2.75) is 31.3 Å². The average Bonchev–Trinajstić information content (AvgIpc) is 3.04. The van der Waals surface area contributed by atoms with Gasteiger partial charge in [0.2, 0.25) is 0 Å². The molecule has 1 aliphatic heterocycles. The summed E-state index contributed by atoms with van der Waals surface area (Å²) >= 11 is 0. The lowest BCUT2D eigenvalue weighted by Gasteiger charge is -2.18. The summed E-state index contributed by atoms with van der Waals surface area (Å²) in [6.07, 6.45) is 3.76. The van der Waals surface area contributed by atoms with Crippen LogP contribution in [0.4, 0.5) is 0 Å². The van der Waals surface area contributed by atoms with Crippen LogP contribution in [0.1, 0.15) is 19.3 Å². The van der Waals surface area contributed by atoms with Crippen LogP contribution in [0.2, 0.25) is 0 Å². The molecule has 0 amide bonds. The van der Waals surface area contributed by atoms with E-state index in [-0.39, 0.29) is 24.0 Å². The van der Waals surface area contributed by atoms with Crippen molar-refractivity contribution < 1.29 is 4.74 Å². The van der Waals surface area contributed by atoms with Crippen LogP contribution in [0.5, 0.6) is 0 Å². The summed E-state index contributed by atoms with van der Waals surface area (Å²) in [7, 11) is 3.60. The van der Waals surface area contributed by atoms with Gasteiger partial charge >= 0.3 is 0 Å². The largest absolute Gasteiger partial charge is 0.383 e. The maximum Gasteiger partial charge on any atom is 0.191 e. The fraction of sp³-hybridized carbons (Fsp3) is 0.917. The average molecular weight is 368 g/mol. The van der Waals surface area contributed by atoms with Crippen LogP contribution in [0, 0.1) is 0 Å². The van der Waals surface area contributed by atoms with Crippen molar-refractivity contribution >= 4 is 29.9 Å². The molecule has 0 aromatic rings. The zero-order chi connectivity index (χ0) is 12.1. The highest BCUT2D eigenvalue weighted by Crippen LogP contribution is 2.18. The molecule has 0 aromatic carbocycles. The Bertz CT molecular complexity index is 271. The van der Waals surface area contributed by atoms with E-state index in [1.54, 1.807) is 7.11 Å². The zero-order valence-corrected chi connectivity index (χ0v) is 13.6. The van der Waals surface area contributed by atoms with Crippen LogP contribution in [-0.2, 0) is 4.74 Å². The SMILES string of the molecule is CN=C(NC1CC1)NC1CCN(CCOC)C1.I. The summed E-state index contributed by atoms with van der Waals surface area (Å²) in [6.45, 7) is 4.10. The van der Waals surface area contributed by atoms with Gasteiger partial charge in [-0.15, -0.1) is 24.0 Å². The number of guanidine groups is 1. The first-order chi connectivity index (χ1) is 8.31. The second kappa shape index (κ2) is 8.16. The summed E-state index contributed by atoms with van der Waals surface area (Å²) in [6, 6.07) is 1.18. The van der Waals surface area contributed by atoms with E-state index in [9.17, 15) is 0 Å². The molecular formula is C12H25IN4O. The molecule has 5 nitrogen and oxygen atoms in total. The summed E-state index contributed by atoms with van der Waals surface area (Å²) < 4.78 is 5.10. The molecule has 2 fully saturated rings. The lowest BCUT2D eigenvalue weighted by Crippen LogP contribution is -2.45. The molecule has 2 N–H and O–H groups in total. The summed E-state index contributed by atoms with van der Waals surface area (Å²) in [5, 5.41) is 6.92. The van der Waals surface area contributed by atoms with E-state index >= 15 is 0 Å². The van der Waals surface area contributed by atoms with Crippen molar-refractivity contribution in [2.24, 2.45) is 4.99 Å². The van der Waals surface area contributed by atoms with Gasteiger partial charge in [0.25, 0.3) is 0 Å². The van der Waals surface area contributed by atoms with Crippen molar-refractivity contribution in [2.75, 3.05) is 40.4 Å². The minimum absolute atomic E-state index is 0.